The second-order valence-corrected chi connectivity index (χ2v) is 3.88. The molecule has 1 N–H and O–H groups in total. The minimum Gasteiger partial charge on any atom is -0.383 e. The number of rotatable bonds is 4. The van der Waals surface area contributed by atoms with Gasteiger partial charge in [-0.25, -0.2) is 0 Å². The molecular weight excluding hydrogens is 202 g/mol. The zero-order valence-electron chi connectivity index (χ0n) is 8.75. The lowest BCUT2D eigenvalue weighted by Crippen LogP contribution is -2.39. The van der Waals surface area contributed by atoms with E-state index >= 15 is 0 Å². The number of hydrogen-bond acceptors (Lipinski definition) is 5. The van der Waals surface area contributed by atoms with Gasteiger partial charge in [-0.3, -0.25) is 10.1 Å². The van der Waals surface area contributed by atoms with E-state index in [4.69, 9.17) is 9.47 Å². The predicted octanol–water partition coefficient (Wildman–Crippen LogP) is 0.330. The molecular formula is C9H15NO5. The summed E-state index contributed by atoms with van der Waals surface area (Å²) in [6.45, 7) is 6.34. The largest absolute Gasteiger partial charge is 0.383 e. The van der Waals surface area contributed by atoms with Crippen LogP contribution in [0, 0.1) is 10.1 Å². The van der Waals surface area contributed by atoms with Gasteiger partial charge in [-0.05, 0) is 13.8 Å². The Balaban J connectivity index is 2.67. The molecule has 0 amide bonds. The molecule has 1 aliphatic rings. The standard InChI is InChI=1S/C9H15NO5/c1-4-7-8(6(11)5-10(12)13)15-9(2,3)14-7/h4,6-8,11H,1,5H2,2-3H3/t6?,7-,8+/m1/s1. The predicted molar refractivity (Wildman–Crippen MR) is 51.9 cm³/mol. The van der Waals surface area contributed by atoms with E-state index < -0.39 is 35.6 Å². The molecule has 6 heteroatoms. The second kappa shape index (κ2) is 4.26. The lowest BCUT2D eigenvalue weighted by atomic mass is 10.1. The van der Waals surface area contributed by atoms with E-state index in [0.717, 1.165) is 0 Å². The van der Waals surface area contributed by atoms with Crippen molar-refractivity contribution < 1.29 is 19.5 Å². The van der Waals surface area contributed by atoms with Crippen LogP contribution in [0.3, 0.4) is 0 Å². The van der Waals surface area contributed by atoms with E-state index in [0.29, 0.717) is 0 Å². The third kappa shape index (κ3) is 2.98. The monoisotopic (exact) mass is 217 g/mol. The van der Waals surface area contributed by atoms with Crippen LogP contribution in [0.25, 0.3) is 0 Å². The van der Waals surface area contributed by atoms with Crippen LogP contribution in [-0.4, -0.2) is 40.7 Å². The van der Waals surface area contributed by atoms with Gasteiger partial charge in [0.1, 0.15) is 18.3 Å². The highest BCUT2D eigenvalue weighted by Gasteiger charge is 2.44. The Morgan fingerprint density at radius 3 is 2.73 bits per heavy atom. The van der Waals surface area contributed by atoms with Crippen LogP contribution in [0.5, 0.6) is 0 Å². The molecule has 0 aromatic heterocycles. The summed E-state index contributed by atoms with van der Waals surface area (Å²) in [6.07, 6.45) is -0.967. The maximum absolute atomic E-state index is 10.2. The maximum Gasteiger partial charge on any atom is 0.232 e. The van der Waals surface area contributed by atoms with Crippen molar-refractivity contribution in [2.75, 3.05) is 6.54 Å². The first kappa shape index (κ1) is 12.1. The van der Waals surface area contributed by atoms with Crippen LogP contribution in [0.2, 0.25) is 0 Å². The van der Waals surface area contributed by atoms with E-state index in [1.165, 1.54) is 6.08 Å². The fourth-order valence-corrected chi connectivity index (χ4v) is 1.55. The molecule has 0 spiro atoms. The van der Waals surface area contributed by atoms with Crippen molar-refractivity contribution in [2.24, 2.45) is 0 Å². The molecule has 0 saturated carbocycles. The summed E-state index contributed by atoms with van der Waals surface area (Å²) < 4.78 is 10.8. The van der Waals surface area contributed by atoms with Crippen LogP contribution in [0.4, 0.5) is 0 Å². The summed E-state index contributed by atoms with van der Waals surface area (Å²) in [5.74, 6) is -0.846. The summed E-state index contributed by atoms with van der Waals surface area (Å²) >= 11 is 0. The molecule has 3 atom stereocenters. The highest BCUT2D eigenvalue weighted by molar-refractivity contribution is 4.96. The summed E-state index contributed by atoms with van der Waals surface area (Å²) in [5, 5.41) is 19.8. The molecule has 0 aliphatic carbocycles. The number of aliphatic hydroxyl groups is 1. The third-order valence-electron chi connectivity index (χ3n) is 2.11. The van der Waals surface area contributed by atoms with Gasteiger partial charge in [-0.2, -0.15) is 0 Å². The van der Waals surface area contributed by atoms with Crippen molar-refractivity contribution in [3.63, 3.8) is 0 Å². The molecule has 6 nitrogen and oxygen atoms in total. The number of aliphatic hydroxyl groups excluding tert-OH is 1. The molecule has 0 aromatic rings. The van der Waals surface area contributed by atoms with Gasteiger partial charge in [0.15, 0.2) is 5.79 Å². The van der Waals surface area contributed by atoms with Gasteiger partial charge in [-0.1, -0.05) is 6.08 Å². The fourth-order valence-electron chi connectivity index (χ4n) is 1.55. The fraction of sp³-hybridized carbons (Fsp3) is 0.778. The Kier molecular flexibility index (Phi) is 3.43. The molecule has 1 rings (SSSR count). The Morgan fingerprint density at radius 2 is 2.27 bits per heavy atom. The SMILES string of the molecule is C=C[C@H]1OC(C)(C)O[C@H]1C(O)C[N+](=O)[O-]. The first-order valence-electron chi connectivity index (χ1n) is 4.64. The van der Waals surface area contributed by atoms with E-state index in [9.17, 15) is 15.2 Å². The summed E-state index contributed by atoms with van der Waals surface area (Å²) in [6, 6.07) is 0. The molecule has 1 heterocycles. The zero-order valence-corrected chi connectivity index (χ0v) is 8.75. The first-order chi connectivity index (χ1) is 6.85. The number of nitro groups is 1. The number of nitrogens with zero attached hydrogens (tertiary/aromatic N) is 1. The molecule has 1 saturated heterocycles. The number of hydrogen-bond donors (Lipinski definition) is 1. The number of ether oxygens (including phenoxy) is 2. The first-order valence-corrected chi connectivity index (χ1v) is 4.64. The van der Waals surface area contributed by atoms with Gasteiger partial charge in [0, 0.05) is 4.92 Å². The van der Waals surface area contributed by atoms with Crippen molar-refractivity contribution in [3.05, 3.63) is 22.8 Å². The molecule has 15 heavy (non-hydrogen) atoms. The average molecular weight is 217 g/mol. The molecule has 86 valence electrons. The van der Waals surface area contributed by atoms with Crippen LogP contribution >= 0.6 is 0 Å². The van der Waals surface area contributed by atoms with Crippen molar-refractivity contribution in [1.29, 1.82) is 0 Å². The third-order valence-corrected chi connectivity index (χ3v) is 2.11. The Labute approximate surface area is 87.6 Å². The normalized spacial score (nSPS) is 31.1. The summed E-state index contributed by atoms with van der Waals surface area (Å²) in [4.78, 5) is 9.66. The lowest BCUT2D eigenvalue weighted by molar-refractivity contribution is -0.493. The average Bonchev–Trinajstić information content (AvgIpc) is 2.40. The van der Waals surface area contributed by atoms with Crippen LogP contribution in [0.1, 0.15) is 13.8 Å². The molecule has 0 aromatic carbocycles. The van der Waals surface area contributed by atoms with E-state index in [-0.39, 0.29) is 0 Å². The molecule has 1 unspecified atom stereocenters. The molecule has 0 bridgehead atoms. The lowest BCUT2D eigenvalue weighted by Gasteiger charge is -2.18. The zero-order chi connectivity index (χ0) is 11.6. The smallest absolute Gasteiger partial charge is 0.232 e. The molecule has 1 aliphatic heterocycles. The van der Waals surface area contributed by atoms with Crippen molar-refractivity contribution in [2.45, 2.75) is 37.9 Å². The molecule has 0 radical (unpaired) electrons. The van der Waals surface area contributed by atoms with Crippen LogP contribution in [0.15, 0.2) is 12.7 Å². The van der Waals surface area contributed by atoms with Crippen molar-refractivity contribution >= 4 is 0 Å². The van der Waals surface area contributed by atoms with Gasteiger partial charge in [0.2, 0.25) is 6.54 Å². The maximum atomic E-state index is 10.2. The quantitative estimate of drug-likeness (QED) is 0.417. The van der Waals surface area contributed by atoms with Crippen LogP contribution < -0.4 is 0 Å². The van der Waals surface area contributed by atoms with Gasteiger partial charge >= 0.3 is 0 Å². The highest BCUT2D eigenvalue weighted by Crippen LogP contribution is 2.30. The van der Waals surface area contributed by atoms with Crippen molar-refractivity contribution in [3.8, 4) is 0 Å². The van der Waals surface area contributed by atoms with Crippen molar-refractivity contribution in [1.82, 2.24) is 0 Å². The van der Waals surface area contributed by atoms with E-state index in [2.05, 4.69) is 6.58 Å². The Hall–Kier alpha value is -0.980. The van der Waals surface area contributed by atoms with Gasteiger partial charge in [0.05, 0.1) is 0 Å². The van der Waals surface area contributed by atoms with Crippen LogP contribution in [-0.2, 0) is 9.47 Å². The van der Waals surface area contributed by atoms with Gasteiger partial charge in [0.25, 0.3) is 0 Å². The van der Waals surface area contributed by atoms with E-state index in [1.807, 2.05) is 0 Å². The second-order valence-electron chi connectivity index (χ2n) is 3.88. The summed E-state index contributed by atoms with van der Waals surface area (Å²) in [5.41, 5.74) is 0. The van der Waals surface area contributed by atoms with Gasteiger partial charge < -0.3 is 14.6 Å². The minimum absolute atomic E-state index is 0.519. The van der Waals surface area contributed by atoms with E-state index in [1.54, 1.807) is 13.8 Å². The highest BCUT2D eigenvalue weighted by atomic mass is 16.8. The molecule has 1 fully saturated rings. The topological polar surface area (TPSA) is 81.8 Å². The Morgan fingerprint density at radius 1 is 1.67 bits per heavy atom. The Bertz CT molecular complexity index is 265. The minimum atomic E-state index is -1.19. The summed E-state index contributed by atoms with van der Waals surface area (Å²) in [7, 11) is 0. The van der Waals surface area contributed by atoms with Gasteiger partial charge in [-0.15, -0.1) is 6.58 Å².